The molecule has 0 saturated carbocycles. The second-order valence-electron chi connectivity index (χ2n) is 4.16. The Morgan fingerprint density at radius 1 is 0.533 bits per heavy atom. The molecule has 0 rings (SSSR count). The van der Waals surface area contributed by atoms with Crippen LogP contribution in [0.3, 0.4) is 0 Å². The fraction of sp³-hybridized carbons (Fsp3) is 0.733. The standard InChI is InChI=1S/C15H28/c1-3-5-7-9-11-13-15-14-12-10-8-6-4-2/h7-10H,3-6,11-15H2,1-2H3/b9-7+,10-8+. The van der Waals surface area contributed by atoms with Gasteiger partial charge >= 0.3 is 0 Å². The van der Waals surface area contributed by atoms with Gasteiger partial charge in [0.1, 0.15) is 0 Å². The van der Waals surface area contributed by atoms with E-state index >= 15 is 0 Å². The van der Waals surface area contributed by atoms with Crippen LogP contribution in [0.1, 0.15) is 71.6 Å². The third-order valence-electron chi connectivity index (χ3n) is 2.49. The van der Waals surface area contributed by atoms with Crippen LogP contribution in [0.4, 0.5) is 0 Å². The van der Waals surface area contributed by atoms with Crippen molar-refractivity contribution in [3.63, 3.8) is 0 Å². The first kappa shape index (κ1) is 14.5. The van der Waals surface area contributed by atoms with Crippen molar-refractivity contribution in [2.24, 2.45) is 0 Å². The molecule has 0 unspecified atom stereocenters. The highest BCUT2D eigenvalue weighted by Gasteiger charge is 1.85. The van der Waals surface area contributed by atoms with Crippen LogP contribution < -0.4 is 0 Å². The Morgan fingerprint density at radius 2 is 0.933 bits per heavy atom. The van der Waals surface area contributed by atoms with E-state index in [9.17, 15) is 0 Å². The van der Waals surface area contributed by atoms with E-state index in [1.54, 1.807) is 0 Å². The molecular formula is C15H28. The molecule has 0 aromatic rings. The van der Waals surface area contributed by atoms with Crippen molar-refractivity contribution in [3.8, 4) is 0 Å². The Balaban J connectivity index is 3.04. The van der Waals surface area contributed by atoms with Gasteiger partial charge < -0.3 is 0 Å². The summed E-state index contributed by atoms with van der Waals surface area (Å²) in [5.74, 6) is 0. The van der Waals surface area contributed by atoms with Crippen LogP contribution in [-0.2, 0) is 0 Å². The topological polar surface area (TPSA) is 0 Å². The Bertz CT molecular complexity index is 135. The molecule has 0 heterocycles. The lowest BCUT2D eigenvalue weighted by Gasteiger charge is -1.95. The van der Waals surface area contributed by atoms with Crippen molar-refractivity contribution in [3.05, 3.63) is 24.3 Å². The average Bonchev–Trinajstić information content (AvgIpc) is 2.26. The lowest BCUT2D eigenvalue weighted by Crippen LogP contribution is -1.75. The normalized spacial score (nSPS) is 11.9. The van der Waals surface area contributed by atoms with Gasteiger partial charge in [-0.15, -0.1) is 0 Å². The van der Waals surface area contributed by atoms with E-state index in [2.05, 4.69) is 38.2 Å². The van der Waals surface area contributed by atoms with Crippen molar-refractivity contribution in [2.45, 2.75) is 71.6 Å². The zero-order valence-corrected chi connectivity index (χ0v) is 10.7. The first-order valence-corrected chi connectivity index (χ1v) is 6.71. The van der Waals surface area contributed by atoms with Crippen LogP contribution in [0.5, 0.6) is 0 Å². The Labute approximate surface area is 96.5 Å². The molecule has 0 spiro atoms. The molecule has 0 saturated heterocycles. The molecule has 15 heavy (non-hydrogen) atoms. The summed E-state index contributed by atoms with van der Waals surface area (Å²) >= 11 is 0. The molecule has 0 heteroatoms. The quantitative estimate of drug-likeness (QED) is 0.321. The van der Waals surface area contributed by atoms with E-state index in [4.69, 9.17) is 0 Å². The van der Waals surface area contributed by atoms with Gasteiger partial charge in [-0.25, -0.2) is 0 Å². The highest BCUT2D eigenvalue weighted by Crippen LogP contribution is 2.05. The minimum Gasteiger partial charge on any atom is -0.0885 e. The van der Waals surface area contributed by atoms with Gasteiger partial charge in [0.25, 0.3) is 0 Å². The summed E-state index contributed by atoms with van der Waals surface area (Å²) < 4.78 is 0. The van der Waals surface area contributed by atoms with Crippen LogP contribution in [0, 0.1) is 0 Å². The van der Waals surface area contributed by atoms with Crippen molar-refractivity contribution >= 4 is 0 Å². The van der Waals surface area contributed by atoms with Gasteiger partial charge in [-0.3, -0.25) is 0 Å². The molecule has 0 fully saturated rings. The van der Waals surface area contributed by atoms with Crippen LogP contribution in [0.15, 0.2) is 24.3 Å². The second-order valence-corrected chi connectivity index (χ2v) is 4.16. The van der Waals surface area contributed by atoms with Gasteiger partial charge in [0.2, 0.25) is 0 Å². The molecule has 0 amide bonds. The molecule has 0 radical (unpaired) electrons. The van der Waals surface area contributed by atoms with E-state index in [0.717, 1.165) is 0 Å². The molecule has 0 aliphatic rings. The van der Waals surface area contributed by atoms with E-state index in [1.165, 1.54) is 57.8 Å². The molecule has 0 bridgehead atoms. The van der Waals surface area contributed by atoms with Gasteiger partial charge in [-0.1, -0.05) is 57.4 Å². The monoisotopic (exact) mass is 208 g/mol. The highest BCUT2D eigenvalue weighted by atomic mass is 13.9. The van der Waals surface area contributed by atoms with Gasteiger partial charge in [-0.05, 0) is 38.5 Å². The lowest BCUT2D eigenvalue weighted by molar-refractivity contribution is 0.694. The van der Waals surface area contributed by atoms with Crippen molar-refractivity contribution in [1.29, 1.82) is 0 Å². The summed E-state index contributed by atoms with van der Waals surface area (Å²) in [5.41, 5.74) is 0. The molecule has 0 nitrogen and oxygen atoms in total. The van der Waals surface area contributed by atoms with Crippen LogP contribution in [0.2, 0.25) is 0 Å². The summed E-state index contributed by atoms with van der Waals surface area (Å²) in [6, 6.07) is 0. The maximum absolute atomic E-state index is 2.34. The van der Waals surface area contributed by atoms with Gasteiger partial charge in [0.15, 0.2) is 0 Å². The second kappa shape index (κ2) is 13.5. The van der Waals surface area contributed by atoms with Gasteiger partial charge in [-0.2, -0.15) is 0 Å². The summed E-state index contributed by atoms with van der Waals surface area (Å²) in [7, 11) is 0. The van der Waals surface area contributed by atoms with Gasteiger partial charge in [0, 0.05) is 0 Å². The lowest BCUT2D eigenvalue weighted by atomic mass is 10.1. The highest BCUT2D eigenvalue weighted by molar-refractivity contribution is 4.82. The Morgan fingerprint density at radius 3 is 1.33 bits per heavy atom. The summed E-state index contributed by atoms with van der Waals surface area (Å²) in [5, 5.41) is 0. The summed E-state index contributed by atoms with van der Waals surface area (Å²) in [6.45, 7) is 4.46. The van der Waals surface area contributed by atoms with Crippen LogP contribution >= 0.6 is 0 Å². The molecule has 0 aliphatic carbocycles. The Hall–Kier alpha value is -0.520. The number of allylic oxidation sites excluding steroid dienone is 4. The molecule has 0 N–H and O–H groups in total. The third-order valence-corrected chi connectivity index (χ3v) is 2.49. The number of hydrogen-bond donors (Lipinski definition) is 0. The van der Waals surface area contributed by atoms with Crippen molar-refractivity contribution in [2.75, 3.05) is 0 Å². The summed E-state index contributed by atoms with van der Waals surface area (Å²) in [4.78, 5) is 0. The molecule has 88 valence electrons. The van der Waals surface area contributed by atoms with Crippen molar-refractivity contribution in [1.82, 2.24) is 0 Å². The molecule has 0 aromatic carbocycles. The fourth-order valence-corrected chi connectivity index (χ4v) is 1.51. The SMILES string of the molecule is CCC/C=C/CCCCC/C=C/CCC. The predicted molar refractivity (Wildman–Crippen MR) is 71.2 cm³/mol. The Kier molecular flexibility index (Phi) is 13.0. The molecule has 0 atom stereocenters. The van der Waals surface area contributed by atoms with Crippen LogP contribution in [0.25, 0.3) is 0 Å². The number of hydrogen-bond acceptors (Lipinski definition) is 0. The first-order valence-electron chi connectivity index (χ1n) is 6.71. The van der Waals surface area contributed by atoms with E-state index in [0.29, 0.717) is 0 Å². The average molecular weight is 208 g/mol. The third kappa shape index (κ3) is 13.5. The van der Waals surface area contributed by atoms with E-state index in [1.807, 2.05) is 0 Å². The van der Waals surface area contributed by atoms with E-state index in [-0.39, 0.29) is 0 Å². The van der Waals surface area contributed by atoms with E-state index < -0.39 is 0 Å². The van der Waals surface area contributed by atoms with Crippen molar-refractivity contribution < 1.29 is 0 Å². The molecule has 0 aliphatic heterocycles. The number of rotatable bonds is 10. The largest absolute Gasteiger partial charge is 0.0885 e. The minimum absolute atomic E-state index is 1.25. The smallest absolute Gasteiger partial charge is 0.0351 e. The summed E-state index contributed by atoms with van der Waals surface area (Å²) in [6.07, 6.45) is 21.0. The maximum Gasteiger partial charge on any atom is -0.0351 e. The zero-order valence-electron chi connectivity index (χ0n) is 10.7. The van der Waals surface area contributed by atoms with Crippen LogP contribution in [-0.4, -0.2) is 0 Å². The van der Waals surface area contributed by atoms with Gasteiger partial charge in [0.05, 0.1) is 0 Å². The molecular weight excluding hydrogens is 180 g/mol. The number of unbranched alkanes of at least 4 members (excludes halogenated alkanes) is 6. The maximum atomic E-state index is 2.34. The molecule has 0 aromatic heterocycles. The predicted octanol–water partition coefficient (Wildman–Crippen LogP) is 5.65. The first-order chi connectivity index (χ1) is 7.41. The minimum atomic E-state index is 1.25. The zero-order chi connectivity index (χ0) is 11.2. The fourth-order valence-electron chi connectivity index (χ4n) is 1.51.